The van der Waals surface area contributed by atoms with Crippen LogP contribution in [0.5, 0.6) is 11.5 Å². The normalized spacial score (nSPS) is 11.7. The largest absolute Gasteiger partial charge is 0.497 e. The second kappa shape index (κ2) is 9.33. The number of ether oxygens (including phenoxy) is 2. The van der Waals surface area contributed by atoms with E-state index >= 15 is 0 Å². The average molecular weight is 416 g/mol. The van der Waals surface area contributed by atoms with Gasteiger partial charge in [-0.1, -0.05) is 12.1 Å². The number of hydrogen-bond acceptors (Lipinski definition) is 6. The summed E-state index contributed by atoms with van der Waals surface area (Å²) in [5, 5.41) is 5.11. The van der Waals surface area contributed by atoms with Crippen LogP contribution in [0.1, 0.15) is 13.8 Å². The Balaban J connectivity index is 1.77. The summed E-state index contributed by atoms with van der Waals surface area (Å²) in [7, 11) is 1.58. The number of nitrogens with one attached hydrogen (secondary N) is 2. The van der Waals surface area contributed by atoms with Crippen molar-refractivity contribution < 1.29 is 23.5 Å². The number of methoxy groups -OCH3 is 1. The van der Waals surface area contributed by atoms with Crippen LogP contribution in [0.2, 0.25) is 0 Å². The molecule has 1 amide bonds. The highest BCUT2D eigenvalue weighted by molar-refractivity contribution is 8.00. The Morgan fingerprint density at radius 1 is 1.24 bits per heavy atom. The number of benzene rings is 2. The highest BCUT2D eigenvalue weighted by Crippen LogP contribution is 2.26. The molecule has 1 heterocycles. The van der Waals surface area contributed by atoms with E-state index in [1.165, 1.54) is 4.68 Å². The number of amides is 1. The van der Waals surface area contributed by atoms with Gasteiger partial charge in [-0.05, 0) is 59.8 Å². The molecule has 1 aromatic heterocycles. The Bertz CT molecular complexity index is 1030. The molecule has 0 aliphatic heterocycles. The molecule has 0 aliphatic rings. The van der Waals surface area contributed by atoms with Crippen LogP contribution in [0, 0.1) is 0 Å². The molecule has 0 spiro atoms. The van der Waals surface area contributed by atoms with Crippen LogP contribution in [-0.2, 0) is 4.79 Å². The number of hydrogen-bond donors (Lipinski definition) is 2. The summed E-state index contributed by atoms with van der Waals surface area (Å²) in [4.78, 5) is 24.9. The van der Waals surface area contributed by atoms with Gasteiger partial charge in [0.1, 0.15) is 11.5 Å². The molecule has 2 N–H and O–H groups in total. The summed E-state index contributed by atoms with van der Waals surface area (Å²) >= 11 is 1.10. The Kier molecular flexibility index (Phi) is 6.61. The van der Waals surface area contributed by atoms with Crippen molar-refractivity contribution in [2.24, 2.45) is 0 Å². The Morgan fingerprint density at radius 2 is 1.97 bits per heavy atom. The van der Waals surface area contributed by atoms with Crippen molar-refractivity contribution >= 4 is 23.4 Å². The molecule has 1 unspecified atom stereocenters. The third-order valence-electron chi connectivity index (χ3n) is 4.04. The molecule has 0 aliphatic carbocycles. The number of aromatic amines is 1. The molecule has 0 bridgehead atoms. The number of carbonyl (C=O) groups excluding carboxylic acids is 1. The standard InChI is InChI=1S/C20H21N3O5S/c1-4-27-17-8-6-5-7-16(17)21-18(24)13(2)29-19-20(25)28-22-23(19)14-9-11-15(26-3)12-10-14/h5-13H,4H2,1-3H3,(H-,21,22,24,25)/p+1. The van der Waals surface area contributed by atoms with Crippen LogP contribution >= 0.6 is 11.8 Å². The first-order valence-electron chi connectivity index (χ1n) is 9.00. The van der Waals surface area contributed by atoms with Gasteiger partial charge < -0.3 is 14.8 Å². The molecule has 0 saturated heterocycles. The minimum atomic E-state index is -0.562. The zero-order chi connectivity index (χ0) is 20.8. The number of nitrogens with zero attached hydrogens (tertiary/aromatic N) is 1. The first-order valence-corrected chi connectivity index (χ1v) is 9.88. The van der Waals surface area contributed by atoms with E-state index < -0.39 is 10.9 Å². The van der Waals surface area contributed by atoms with Crippen molar-refractivity contribution in [2.75, 3.05) is 19.0 Å². The SMILES string of the molecule is CCOc1ccccc1NC(=O)C(C)Sc1c(=O)o[nH][n+]1-c1ccc(OC)cc1. The molecular weight excluding hydrogens is 394 g/mol. The molecular formula is C20H22N3O5S+. The summed E-state index contributed by atoms with van der Waals surface area (Å²) in [5.74, 6) is 1.02. The molecule has 29 heavy (non-hydrogen) atoms. The van der Waals surface area contributed by atoms with Gasteiger partial charge in [0.05, 0.1) is 24.7 Å². The van der Waals surface area contributed by atoms with Gasteiger partial charge >= 0.3 is 10.7 Å². The second-order valence-corrected chi connectivity index (χ2v) is 7.33. The average Bonchev–Trinajstić information content (AvgIpc) is 3.10. The van der Waals surface area contributed by atoms with Crippen molar-refractivity contribution in [3.63, 3.8) is 0 Å². The monoisotopic (exact) mass is 416 g/mol. The lowest BCUT2D eigenvalue weighted by molar-refractivity contribution is -0.704. The van der Waals surface area contributed by atoms with Crippen LogP contribution in [0.25, 0.3) is 5.69 Å². The first-order chi connectivity index (χ1) is 14.0. The third kappa shape index (κ3) is 4.80. The smallest absolute Gasteiger partial charge is 0.442 e. The van der Waals surface area contributed by atoms with Crippen LogP contribution in [0.15, 0.2) is 62.9 Å². The molecule has 0 radical (unpaired) electrons. The fraction of sp³-hybridized carbons (Fsp3) is 0.250. The third-order valence-corrected chi connectivity index (χ3v) is 5.18. The van der Waals surface area contributed by atoms with E-state index in [1.807, 2.05) is 19.1 Å². The van der Waals surface area contributed by atoms with E-state index in [2.05, 4.69) is 10.6 Å². The molecule has 0 saturated carbocycles. The zero-order valence-corrected chi connectivity index (χ0v) is 17.1. The Morgan fingerprint density at radius 3 is 2.66 bits per heavy atom. The van der Waals surface area contributed by atoms with E-state index in [1.54, 1.807) is 50.4 Å². The predicted octanol–water partition coefficient (Wildman–Crippen LogP) is 2.77. The summed E-state index contributed by atoms with van der Waals surface area (Å²) in [6.45, 7) is 4.08. The molecule has 0 fully saturated rings. The van der Waals surface area contributed by atoms with Gasteiger partial charge in [0.2, 0.25) is 11.6 Å². The predicted molar refractivity (Wildman–Crippen MR) is 109 cm³/mol. The van der Waals surface area contributed by atoms with E-state index in [4.69, 9.17) is 14.0 Å². The molecule has 8 nitrogen and oxygen atoms in total. The maximum atomic E-state index is 12.7. The van der Waals surface area contributed by atoms with Crippen LogP contribution < -0.4 is 25.1 Å². The fourth-order valence-corrected chi connectivity index (χ4v) is 3.46. The molecule has 1 atom stereocenters. The number of rotatable bonds is 8. The summed E-state index contributed by atoms with van der Waals surface area (Å²) < 4.78 is 17.1. The van der Waals surface area contributed by atoms with Gasteiger partial charge in [0, 0.05) is 12.1 Å². The van der Waals surface area contributed by atoms with Crippen molar-refractivity contribution in [1.82, 2.24) is 5.27 Å². The maximum absolute atomic E-state index is 12.7. The van der Waals surface area contributed by atoms with Crippen molar-refractivity contribution in [2.45, 2.75) is 24.1 Å². The highest BCUT2D eigenvalue weighted by atomic mass is 32.2. The van der Waals surface area contributed by atoms with Crippen molar-refractivity contribution in [1.29, 1.82) is 0 Å². The Hall–Kier alpha value is -3.20. The van der Waals surface area contributed by atoms with Gasteiger partial charge in [0.25, 0.3) is 0 Å². The number of carbonyl (C=O) groups is 1. The zero-order valence-electron chi connectivity index (χ0n) is 16.3. The number of para-hydroxylation sites is 2. The molecule has 3 aromatic rings. The van der Waals surface area contributed by atoms with Gasteiger partial charge in [-0.25, -0.2) is 4.79 Å². The van der Waals surface area contributed by atoms with E-state index in [0.717, 1.165) is 11.8 Å². The minimum absolute atomic E-state index is 0.260. The van der Waals surface area contributed by atoms with E-state index in [9.17, 15) is 9.59 Å². The highest BCUT2D eigenvalue weighted by Gasteiger charge is 2.29. The van der Waals surface area contributed by atoms with E-state index in [-0.39, 0.29) is 10.9 Å². The van der Waals surface area contributed by atoms with Crippen LogP contribution in [0.3, 0.4) is 0 Å². The van der Waals surface area contributed by atoms with Crippen LogP contribution in [0.4, 0.5) is 5.69 Å². The molecule has 152 valence electrons. The summed E-state index contributed by atoms with van der Waals surface area (Å²) in [6.07, 6.45) is 0. The molecule has 3 rings (SSSR count). The Labute approximate surface area is 171 Å². The first kappa shape index (κ1) is 20.5. The lowest BCUT2D eigenvalue weighted by atomic mass is 10.3. The van der Waals surface area contributed by atoms with Crippen LogP contribution in [-0.4, -0.2) is 30.1 Å². The number of thioether (sulfide) groups is 1. The van der Waals surface area contributed by atoms with Gasteiger partial charge in [-0.15, -0.1) is 0 Å². The number of anilines is 1. The number of aromatic nitrogens is 2. The molecule has 2 aromatic carbocycles. The summed E-state index contributed by atoms with van der Waals surface area (Å²) in [6, 6.07) is 14.3. The maximum Gasteiger partial charge on any atom is 0.442 e. The minimum Gasteiger partial charge on any atom is -0.497 e. The lowest BCUT2D eigenvalue weighted by Crippen LogP contribution is -2.37. The fourth-order valence-electron chi connectivity index (χ4n) is 2.57. The summed E-state index contributed by atoms with van der Waals surface area (Å²) in [5.41, 5.74) is 0.699. The second-order valence-electron chi connectivity index (χ2n) is 6.00. The number of H-pyrrole nitrogens is 1. The van der Waals surface area contributed by atoms with Gasteiger partial charge in [0.15, 0.2) is 0 Å². The van der Waals surface area contributed by atoms with Gasteiger partial charge in [-0.3, -0.25) is 9.32 Å². The lowest BCUT2D eigenvalue weighted by Gasteiger charge is -2.13. The topological polar surface area (TPSA) is 97.4 Å². The molecule has 9 heteroatoms. The van der Waals surface area contributed by atoms with E-state index in [0.29, 0.717) is 29.5 Å². The van der Waals surface area contributed by atoms with Gasteiger partial charge in [-0.2, -0.15) is 0 Å². The quantitative estimate of drug-likeness (QED) is 0.433. The van der Waals surface area contributed by atoms with Crippen molar-refractivity contribution in [3.05, 3.63) is 59.0 Å². The van der Waals surface area contributed by atoms with Crippen molar-refractivity contribution in [3.8, 4) is 17.2 Å².